The van der Waals surface area contributed by atoms with Gasteiger partial charge in [-0.1, -0.05) is 49.1 Å². The van der Waals surface area contributed by atoms with Crippen LogP contribution in [0.1, 0.15) is 37.5 Å². The molecule has 1 fully saturated rings. The van der Waals surface area contributed by atoms with Gasteiger partial charge in [0.2, 0.25) is 5.91 Å². The maximum atomic E-state index is 12.6. The van der Waals surface area contributed by atoms with E-state index in [4.69, 9.17) is 9.47 Å². The highest BCUT2D eigenvalue weighted by Crippen LogP contribution is 2.23. The SMILES string of the molecule is C=Cc1ccc(OCc2ccccc2)c(CC(=O)NC2CN(C(=O)OC(C)(C)C)C2)c1. The zero-order valence-corrected chi connectivity index (χ0v) is 18.4. The van der Waals surface area contributed by atoms with E-state index in [2.05, 4.69) is 11.9 Å². The topological polar surface area (TPSA) is 67.9 Å². The van der Waals surface area contributed by atoms with Crippen molar-refractivity contribution in [2.24, 2.45) is 0 Å². The minimum absolute atomic E-state index is 0.0729. The molecule has 3 rings (SSSR count). The van der Waals surface area contributed by atoms with Crippen LogP contribution in [-0.4, -0.2) is 41.6 Å². The van der Waals surface area contributed by atoms with Crippen LogP contribution in [0, 0.1) is 0 Å². The lowest BCUT2D eigenvalue weighted by Gasteiger charge is -2.40. The highest BCUT2D eigenvalue weighted by Gasteiger charge is 2.34. The summed E-state index contributed by atoms with van der Waals surface area (Å²) < 4.78 is 11.3. The van der Waals surface area contributed by atoms with Crippen LogP contribution >= 0.6 is 0 Å². The summed E-state index contributed by atoms with van der Waals surface area (Å²) >= 11 is 0. The monoisotopic (exact) mass is 422 g/mol. The fourth-order valence-electron chi connectivity index (χ4n) is 3.24. The summed E-state index contributed by atoms with van der Waals surface area (Å²) in [6, 6.07) is 15.5. The van der Waals surface area contributed by atoms with Crippen molar-refractivity contribution in [3.8, 4) is 5.75 Å². The molecule has 0 aromatic heterocycles. The van der Waals surface area contributed by atoms with Crippen molar-refractivity contribution in [2.75, 3.05) is 13.1 Å². The second kappa shape index (κ2) is 9.69. The summed E-state index contributed by atoms with van der Waals surface area (Å²) in [7, 11) is 0. The number of amides is 2. The van der Waals surface area contributed by atoms with Gasteiger partial charge in [0.15, 0.2) is 0 Å². The Labute approximate surface area is 183 Å². The third-order valence-electron chi connectivity index (χ3n) is 4.81. The van der Waals surface area contributed by atoms with Gasteiger partial charge in [0.1, 0.15) is 18.0 Å². The molecular weight excluding hydrogens is 392 g/mol. The van der Waals surface area contributed by atoms with Crippen molar-refractivity contribution in [3.63, 3.8) is 0 Å². The lowest BCUT2D eigenvalue weighted by molar-refractivity contribution is -0.122. The lowest BCUT2D eigenvalue weighted by Crippen LogP contribution is -2.61. The Morgan fingerprint density at radius 3 is 2.52 bits per heavy atom. The van der Waals surface area contributed by atoms with E-state index in [0.29, 0.717) is 25.4 Å². The van der Waals surface area contributed by atoms with Crippen molar-refractivity contribution < 1.29 is 19.1 Å². The predicted molar refractivity (Wildman–Crippen MR) is 121 cm³/mol. The molecule has 0 spiro atoms. The molecular formula is C25H30N2O4. The van der Waals surface area contributed by atoms with E-state index in [0.717, 1.165) is 16.7 Å². The first-order chi connectivity index (χ1) is 14.7. The van der Waals surface area contributed by atoms with E-state index in [1.807, 2.05) is 69.3 Å². The number of benzene rings is 2. The van der Waals surface area contributed by atoms with Crippen LogP contribution in [0.3, 0.4) is 0 Å². The van der Waals surface area contributed by atoms with Crippen molar-refractivity contribution in [2.45, 2.75) is 45.4 Å². The Morgan fingerprint density at radius 2 is 1.87 bits per heavy atom. The van der Waals surface area contributed by atoms with Crippen LogP contribution in [0.2, 0.25) is 0 Å². The summed E-state index contributed by atoms with van der Waals surface area (Å²) in [6.07, 6.45) is 1.58. The van der Waals surface area contributed by atoms with Crippen LogP contribution in [0.5, 0.6) is 5.75 Å². The van der Waals surface area contributed by atoms with E-state index in [-0.39, 0.29) is 24.5 Å². The Bertz CT molecular complexity index is 928. The van der Waals surface area contributed by atoms with Gasteiger partial charge in [0.25, 0.3) is 0 Å². The number of carbonyl (C=O) groups excluding carboxylic acids is 2. The Hall–Kier alpha value is -3.28. The second-order valence-corrected chi connectivity index (χ2v) is 8.67. The second-order valence-electron chi connectivity index (χ2n) is 8.67. The number of likely N-dealkylation sites (tertiary alicyclic amines) is 1. The largest absolute Gasteiger partial charge is 0.489 e. The Balaban J connectivity index is 1.55. The fraction of sp³-hybridized carbons (Fsp3) is 0.360. The molecule has 1 saturated heterocycles. The molecule has 2 aromatic rings. The highest BCUT2D eigenvalue weighted by molar-refractivity contribution is 5.80. The normalized spacial score (nSPS) is 13.8. The minimum Gasteiger partial charge on any atom is -0.489 e. The molecule has 2 amide bonds. The average molecular weight is 423 g/mol. The summed E-state index contributed by atoms with van der Waals surface area (Å²) in [5.41, 5.74) is 2.25. The van der Waals surface area contributed by atoms with E-state index in [9.17, 15) is 9.59 Å². The number of nitrogens with one attached hydrogen (secondary N) is 1. The highest BCUT2D eigenvalue weighted by atomic mass is 16.6. The van der Waals surface area contributed by atoms with Crippen molar-refractivity contribution in [1.82, 2.24) is 10.2 Å². The van der Waals surface area contributed by atoms with Gasteiger partial charge in [-0.3, -0.25) is 4.79 Å². The first kappa shape index (κ1) is 22.4. The maximum absolute atomic E-state index is 12.6. The van der Waals surface area contributed by atoms with Crippen LogP contribution in [-0.2, 0) is 22.6 Å². The van der Waals surface area contributed by atoms with Crippen LogP contribution < -0.4 is 10.1 Å². The first-order valence-electron chi connectivity index (χ1n) is 10.4. The fourth-order valence-corrected chi connectivity index (χ4v) is 3.24. The molecule has 1 aliphatic heterocycles. The van der Waals surface area contributed by atoms with Crippen molar-refractivity contribution >= 4 is 18.1 Å². The standard InChI is InChI=1S/C25H30N2O4/c1-5-18-11-12-22(30-17-19-9-7-6-8-10-19)20(13-18)14-23(28)26-21-15-27(16-21)24(29)31-25(2,3)4/h5-13,21H,1,14-17H2,2-4H3,(H,26,28). The summed E-state index contributed by atoms with van der Waals surface area (Å²) in [6.45, 7) is 10.6. The first-order valence-corrected chi connectivity index (χ1v) is 10.4. The van der Waals surface area contributed by atoms with Crippen LogP contribution in [0.25, 0.3) is 6.08 Å². The minimum atomic E-state index is -0.530. The summed E-state index contributed by atoms with van der Waals surface area (Å²) in [5, 5.41) is 2.98. The van der Waals surface area contributed by atoms with Gasteiger partial charge < -0.3 is 19.7 Å². The Kier molecular flexibility index (Phi) is 7.00. The van der Waals surface area contributed by atoms with Gasteiger partial charge in [-0.05, 0) is 44.0 Å². The zero-order valence-electron chi connectivity index (χ0n) is 18.4. The molecule has 2 aromatic carbocycles. The molecule has 6 heteroatoms. The molecule has 0 saturated carbocycles. The number of hydrogen-bond donors (Lipinski definition) is 1. The molecule has 1 heterocycles. The number of carbonyl (C=O) groups is 2. The molecule has 1 N–H and O–H groups in total. The Morgan fingerprint density at radius 1 is 1.16 bits per heavy atom. The predicted octanol–water partition coefficient (Wildman–Crippen LogP) is 4.19. The molecule has 0 unspecified atom stereocenters. The van der Waals surface area contributed by atoms with Gasteiger partial charge in [-0.25, -0.2) is 4.79 Å². The van der Waals surface area contributed by atoms with E-state index < -0.39 is 5.60 Å². The smallest absolute Gasteiger partial charge is 0.410 e. The van der Waals surface area contributed by atoms with E-state index >= 15 is 0 Å². The van der Waals surface area contributed by atoms with Gasteiger partial charge in [-0.15, -0.1) is 0 Å². The molecule has 164 valence electrons. The number of hydrogen-bond acceptors (Lipinski definition) is 4. The van der Waals surface area contributed by atoms with Gasteiger partial charge in [-0.2, -0.15) is 0 Å². The molecule has 31 heavy (non-hydrogen) atoms. The number of rotatable bonds is 7. The van der Waals surface area contributed by atoms with Gasteiger partial charge in [0.05, 0.1) is 12.5 Å². The van der Waals surface area contributed by atoms with Crippen LogP contribution in [0.4, 0.5) is 4.79 Å². The number of ether oxygens (including phenoxy) is 2. The van der Waals surface area contributed by atoms with Crippen LogP contribution in [0.15, 0.2) is 55.1 Å². The van der Waals surface area contributed by atoms with Gasteiger partial charge >= 0.3 is 6.09 Å². The summed E-state index contributed by atoms with van der Waals surface area (Å²) in [5.74, 6) is 0.563. The van der Waals surface area contributed by atoms with E-state index in [1.54, 1.807) is 11.0 Å². The molecule has 6 nitrogen and oxygen atoms in total. The third kappa shape index (κ3) is 6.60. The lowest BCUT2D eigenvalue weighted by atomic mass is 10.0. The summed E-state index contributed by atoms with van der Waals surface area (Å²) in [4.78, 5) is 26.2. The van der Waals surface area contributed by atoms with Crippen molar-refractivity contribution in [3.05, 3.63) is 71.8 Å². The molecule has 0 radical (unpaired) electrons. The molecule has 1 aliphatic rings. The zero-order chi connectivity index (χ0) is 22.4. The molecule has 0 bridgehead atoms. The van der Waals surface area contributed by atoms with Crippen molar-refractivity contribution in [1.29, 1.82) is 0 Å². The number of nitrogens with zero attached hydrogens (tertiary/aromatic N) is 1. The maximum Gasteiger partial charge on any atom is 0.410 e. The quantitative estimate of drug-likeness (QED) is 0.727. The average Bonchev–Trinajstić information content (AvgIpc) is 2.68. The molecule has 0 aliphatic carbocycles. The van der Waals surface area contributed by atoms with E-state index in [1.165, 1.54) is 0 Å². The molecule has 0 atom stereocenters. The van der Waals surface area contributed by atoms with Gasteiger partial charge in [0, 0.05) is 18.7 Å². The third-order valence-corrected chi connectivity index (χ3v) is 4.81.